The molecule has 2 unspecified atom stereocenters. The van der Waals surface area contributed by atoms with Crippen molar-refractivity contribution in [2.24, 2.45) is 5.92 Å². The zero-order valence-corrected chi connectivity index (χ0v) is 11.9. The third-order valence-electron chi connectivity index (χ3n) is 2.47. The van der Waals surface area contributed by atoms with E-state index in [0.29, 0.717) is 0 Å². The molecule has 0 aromatic carbocycles. The monoisotopic (exact) mass is 292 g/mol. The summed E-state index contributed by atoms with van der Waals surface area (Å²) in [6.45, 7) is 3.81. The summed E-state index contributed by atoms with van der Waals surface area (Å²) >= 11 is 0. The van der Waals surface area contributed by atoms with Crippen molar-refractivity contribution in [2.75, 3.05) is 14.2 Å². The van der Waals surface area contributed by atoms with Gasteiger partial charge < -0.3 is 14.2 Å². The van der Waals surface area contributed by atoms with Crippen LogP contribution in [0.1, 0.15) is 20.8 Å². The first-order valence-electron chi connectivity index (χ1n) is 5.70. The first kappa shape index (κ1) is 18.0. The van der Waals surface area contributed by atoms with Crippen molar-refractivity contribution >= 4 is 23.7 Å². The van der Waals surface area contributed by atoms with Crippen LogP contribution in [0.2, 0.25) is 0 Å². The van der Waals surface area contributed by atoms with Gasteiger partial charge in [-0.05, 0) is 5.92 Å². The number of methoxy groups -OCH3 is 2. The Hall–Kier alpha value is -1.99. The van der Waals surface area contributed by atoms with Crippen LogP contribution < -0.4 is 0 Å². The van der Waals surface area contributed by atoms with Gasteiger partial charge in [-0.1, -0.05) is 13.8 Å². The summed E-state index contributed by atoms with van der Waals surface area (Å²) in [6, 6.07) is 0. The molecule has 0 rings (SSSR count). The molecule has 0 aliphatic rings. The minimum absolute atomic E-state index is 0.767. The number of carbonyl (C=O) groups is 4. The summed E-state index contributed by atoms with van der Waals surface area (Å²) < 4.78 is 27.9. The van der Waals surface area contributed by atoms with Crippen molar-refractivity contribution < 1.29 is 37.8 Å². The van der Waals surface area contributed by atoms with Gasteiger partial charge in [-0.2, -0.15) is 0 Å². The quantitative estimate of drug-likeness (QED) is 0.298. The van der Waals surface area contributed by atoms with Crippen LogP contribution in [0.15, 0.2) is 0 Å². The fraction of sp³-hybridized carbons (Fsp3) is 0.667. The first-order chi connectivity index (χ1) is 9.12. The Morgan fingerprint density at radius 2 is 1.55 bits per heavy atom. The van der Waals surface area contributed by atoms with Crippen molar-refractivity contribution in [3.8, 4) is 0 Å². The molecule has 0 aliphatic heterocycles. The van der Waals surface area contributed by atoms with Crippen LogP contribution in [-0.4, -0.2) is 49.7 Å². The van der Waals surface area contributed by atoms with E-state index >= 15 is 0 Å². The molecular weight excluding hydrogens is 275 g/mol. The van der Waals surface area contributed by atoms with Crippen molar-refractivity contribution in [2.45, 2.75) is 32.5 Å². The number of ether oxygens (including phenoxy) is 3. The van der Waals surface area contributed by atoms with Crippen molar-refractivity contribution in [3.05, 3.63) is 0 Å². The zero-order valence-electron chi connectivity index (χ0n) is 11.9. The highest BCUT2D eigenvalue weighted by Gasteiger charge is 2.60. The number of rotatable bonds is 6. The average Bonchev–Trinajstić information content (AvgIpc) is 2.40. The SMILES string of the molecule is COC(=O)C(=O)C(F)(C(=O)OC)C(OC(C)=O)C(C)C. The van der Waals surface area contributed by atoms with Crippen molar-refractivity contribution in [1.29, 1.82) is 0 Å². The molecule has 0 amide bonds. The third-order valence-corrected chi connectivity index (χ3v) is 2.47. The van der Waals surface area contributed by atoms with Gasteiger partial charge in [0.15, 0.2) is 6.10 Å². The Morgan fingerprint density at radius 3 is 1.85 bits per heavy atom. The highest BCUT2D eigenvalue weighted by atomic mass is 19.1. The van der Waals surface area contributed by atoms with Gasteiger partial charge in [-0.25, -0.2) is 14.0 Å². The maximum atomic E-state index is 14.9. The minimum atomic E-state index is -3.46. The van der Waals surface area contributed by atoms with E-state index in [9.17, 15) is 23.6 Å². The molecule has 0 saturated carbocycles. The summed E-state index contributed by atoms with van der Waals surface area (Å²) in [5.74, 6) is -6.67. The Morgan fingerprint density at radius 1 is 1.05 bits per heavy atom. The zero-order chi connectivity index (χ0) is 16.1. The lowest BCUT2D eigenvalue weighted by Crippen LogP contribution is -2.58. The topological polar surface area (TPSA) is 96.0 Å². The van der Waals surface area contributed by atoms with E-state index in [4.69, 9.17) is 0 Å². The summed E-state index contributed by atoms with van der Waals surface area (Å²) in [6.07, 6.45) is -1.81. The molecule has 7 nitrogen and oxygen atoms in total. The van der Waals surface area contributed by atoms with Gasteiger partial charge >= 0.3 is 23.6 Å². The van der Waals surface area contributed by atoms with E-state index in [1.165, 1.54) is 13.8 Å². The lowest BCUT2D eigenvalue weighted by molar-refractivity contribution is -0.185. The van der Waals surface area contributed by atoms with Crippen molar-refractivity contribution in [1.82, 2.24) is 0 Å². The van der Waals surface area contributed by atoms with Crippen LogP contribution >= 0.6 is 0 Å². The van der Waals surface area contributed by atoms with Gasteiger partial charge in [-0.3, -0.25) is 9.59 Å². The molecule has 0 N–H and O–H groups in total. The maximum Gasteiger partial charge on any atom is 0.378 e. The summed E-state index contributed by atoms with van der Waals surface area (Å²) in [5, 5.41) is 0. The number of esters is 3. The smallest absolute Gasteiger partial charge is 0.378 e. The van der Waals surface area contributed by atoms with Crippen LogP contribution in [0, 0.1) is 5.92 Å². The van der Waals surface area contributed by atoms with E-state index in [1.807, 2.05) is 0 Å². The number of Topliss-reactive ketones (excluding diaryl/α,β-unsaturated/α-hetero) is 1. The molecule has 0 spiro atoms. The molecule has 0 aromatic rings. The van der Waals surface area contributed by atoms with Gasteiger partial charge in [0.25, 0.3) is 5.78 Å². The Bertz CT molecular complexity index is 418. The molecule has 20 heavy (non-hydrogen) atoms. The molecule has 0 aromatic heterocycles. The Kier molecular flexibility index (Phi) is 6.28. The predicted molar refractivity (Wildman–Crippen MR) is 63.3 cm³/mol. The fourth-order valence-electron chi connectivity index (χ4n) is 1.58. The van der Waals surface area contributed by atoms with E-state index in [0.717, 1.165) is 21.1 Å². The number of alkyl halides is 1. The molecule has 0 bridgehead atoms. The van der Waals surface area contributed by atoms with Crippen LogP contribution in [-0.2, 0) is 33.4 Å². The second kappa shape index (κ2) is 6.97. The van der Waals surface area contributed by atoms with Crippen LogP contribution in [0.25, 0.3) is 0 Å². The first-order valence-corrected chi connectivity index (χ1v) is 5.70. The molecule has 0 radical (unpaired) electrons. The predicted octanol–water partition coefficient (Wildman–Crippen LogP) is 0.197. The minimum Gasteiger partial charge on any atom is -0.466 e. The number of hydrogen-bond donors (Lipinski definition) is 0. The molecule has 0 aliphatic carbocycles. The van der Waals surface area contributed by atoms with Gasteiger partial charge in [-0.15, -0.1) is 0 Å². The molecule has 0 heterocycles. The van der Waals surface area contributed by atoms with E-state index in [1.54, 1.807) is 0 Å². The molecule has 2 atom stereocenters. The molecular formula is C12H17FO7. The molecule has 0 fully saturated rings. The molecule has 0 saturated heterocycles. The van der Waals surface area contributed by atoms with Crippen LogP contribution in [0.5, 0.6) is 0 Å². The van der Waals surface area contributed by atoms with E-state index < -0.39 is 41.4 Å². The Balaban J connectivity index is 5.83. The maximum absolute atomic E-state index is 14.9. The highest BCUT2D eigenvalue weighted by Crippen LogP contribution is 2.29. The fourth-order valence-corrected chi connectivity index (χ4v) is 1.58. The van der Waals surface area contributed by atoms with Gasteiger partial charge in [0, 0.05) is 6.92 Å². The lowest BCUT2D eigenvalue weighted by Gasteiger charge is -2.31. The highest BCUT2D eigenvalue weighted by molar-refractivity contribution is 6.41. The summed E-state index contributed by atoms with van der Waals surface area (Å²) in [7, 11) is 1.69. The lowest BCUT2D eigenvalue weighted by atomic mass is 9.86. The largest absolute Gasteiger partial charge is 0.466 e. The normalized spacial score (nSPS) is 14.9. The number of carbonyl (C=O) groups excluding carboxylic acids is 4. The molecule has 114 valence electrons. The Labute approximate surface area is 115 Å². The standard InChI is InChI=1S/C12H17FO7/c1-6(2)9(20-7(3)14)12(13,11(17)19-5)8(15)10(16)18-4/h6,9H,1-5H3. The van der Waals surface area contributed by atoms with E-state index in [-0.39, 0.29) is 0 Å². The van der Waals surface area contributed by atoms with Gasteiger partial charge in [0.05, 0.1) is 14.2 Å². The summed E-state index contributed by atoms with van der Waals surface area (Å²) in [5.41, 5.74) is -3.46. The second-order valence-corrected chi connectivity index (χ2v) is 4.30. The van der Waals surface area contributed by atoms with Gasteiger partial charge in [0.2, 0.25) is 0 Å². The number of ketones is 1. The second-order valence-electron chi connectivity index (χ2n) is 4.30. The van der Waals surface area contributed by atoms with Crippen molar-refractivity contribution in [3.63, 3.8) is 0 Å². The van der Waals surface area contributed by atoms with Crippen LogP contribution in [0.4, 0.5) is 4.39 Å². The molecule has 8 heteroatoms. The van der Waals surface area contributed by atoms with Crippen LogP contribution in [0.3, 0.4) is 0 Å². The average molecular weight is 292 g/mol. The number of hydrogen-bond acceptors (Lipinski definition) is 7. The van der Waals surface area contributed by atoms with Gasteiger partial charge in [0.1, 0.15) is 0 Å². The summed E-state index contributed by atoms with van der Waals surface area (Å²) in [4.78, 5) is 45.6. The third kappa shape index (κ3) is 3.52. The van der Waals surface area contributed by atoms with E-state index in [2.05, 4.69) is 14.2 Å². The number of halogens is 1.